The zero-order chi connectivity index (χ0) is 14.1. The molecule has 1 unspecified atom stereocenters. The van der Waals surface area contributed by atoms with E-state index in [1.165, 1.54) is 10.4 Å². The van der Waals surface area contributed by atoms with E-state index in [4.69, 9.17) is 5.73 Å². The number of amides is 2. The van der Waals surface area contributed by atoms with Gasteiger partial charge < -0.3 is 16.0 Å². The van der Waals surface area contributed by atoms with Gasteiger partial charge in [0.1, 0.15) is 0 Å². The van der Waals surface area contributed by atoms with Crippen molar-refractivity contribution in [2.24, 2.45) is 0 Å². The van der Waals surface area contributed by atoms with E-state index in [1.54, 1.807) is 23.5 Å². The van der Waals surface area contributed by atoms with Crippen molar-refractivity contribution in [3.63, 3.8) is 0 Å². The van der Waals surface area contributed by atoms with Gasteiger partial charge >= 0.3 is 6.03 Å². The van der Waals surface area contributed by atoms with Gasteiger partial charge in [0.15, 0.2) is 0 Å². The molecule has 1 aromatic carbocycles. The number of thiophene rings is 1. The molecule has 1 aliphatic rings. The van der Waals surface area contributed by atoms with Gasteiger partial charge in [0.2, 0.25) is 0 Å². The number of rotatable bonds is 1. The molecule has 5 heteroatoms. The lowest BCUT2D eigenvalue weighted by Crippen LogP contribution is -2.40. The molecule has 1 aromatic heterocycles. The Hall–Kier alpha value is -2.01. The molecule has 104 valence electrons. The number of hydrogen-bond donors (Lipinski definition) is 2. The molecule has 20 heavy (non-hydrogen) atoms. The van der Waals surface area contributed by atoms with Crippen molar-refractivity contribution in [2.75, 3.05) is 17.6 Å². The predicted molar refractivity (Wildman–Crippen MR) is 83.0 cm³/mol. The Labute approximate surface area is 122 Å². The number of carbonyl (C=O) groups excluding carboxylic acids is 1. The van der Waals surface area contributed by atoms with E-state index >= 15 is 0 Å². The van der Waals surface area contributed by atoms with E-state index in [9.17, 15) is 4.79 Å². The van der Waals surface area contributed by atoms with Crippen molar-refractivity contribution >= 4 is 28.7 Å². The molecule has 0 saturated carbocycles. The minimum Gasteiger partial charge on any atom is -0.399 e. The summed E-state index contributed by atoms with van der Waals surface area (Å²) in [4.78, 5) is 15.7. The number of nitrogens with two attached hydrogens (primary N) is 1. The lowest BCUT2D eigenvalue weighted by atomic mass is 10.0. The van der Waals surface area contributed by atoms with Crippen LogP contribution in [0.5, 0.6) is 0 Å². The van der Waals surface area contributed by atoms with Crippen molar-refractivity contribution in [3.05, 3.63) is 46.2 Å². The summed E-state index contributed by atoms with van der Waals surface area (Å²) in [7, 11) is 0. The Kier molecular flexibility index (Phi) is 3.36. The monoisotopic (exact) mass is 287 g/mol. The van der Waals surface area contributed by atoms with Crippen molar-refractivity contribution in [1.29, 1.82) is 0 Å². The summed E-state index contributed by atoms with van der Waals surface area (Å²) in [5.74, 6) is 0. The number of nitrogens with zero attached hydrogens (tertiary/aromatic N) is 1. The smallest absolute Gasteiger partial charge is 0.322 e. The van der Waals surface area contributed by atoms with E-state index in [1.807, 2.05) is 17.0 Å². The molecule has 4 nitrogen and oxygen atoms in total. The Morgan fingerprint density at radius 3 is 3.10 bits per heavy atom. The van der Waals surface area contributed by atoms with Crippen LogP contribution in [0.25, 0.3) is 0 Å². The summed E-state index contributed by atoms with van der Waals surface area (Å²) in [6.07, 6.45) is 0.932. The standard InChI is InChI=1S/C15H17N3OS/c1-10-13-6-8-20-14(13)5-7-18(10)15(19)17-12-4-2-3-11(16)9-12/h2-4,6,8-10H,5,7,16H2,1H3,(H,17,19). The topological polar surface area (TPSA) is 58.4 Å². The molecular formula is C15H17N3OS. The average molecular weight is 287 g/mol. The number of benzene rings is 1. The van der Waals surface area contributed by atoms with Crippen LogP contribution < -0.4 is 11.1 Å². The van der Waals surface area contributed by atoms with E-state index in [2.05, 4.69) is 23.7 Å². The molecule has 3 N–H and O–H groups in total. The van der Waals surface area contributed by atoms with Crippen molar-refractivity contribution in [1.82, 2.24) is 4.90 Å². The molecular weight excluding hydrogens is 270 g/mol. The number of nitrogen functional groups attached to an aromatic ring is 1. The van der Waals surface area contributed by atoms with Crippen molar-refractivity contribution in [3.8, 4) is 0 Å². The zero-order valence-electron chi connectivity index (χ0n) is 11.3. The minimum atomic E-state index is -0.0695. The van der Waals surface area contributed by atoms with Crippen LogP contribution in [-0.4, -0.2) is 17.5 Å². The van der Waals surface area contributed by atoms with Crippen LogP contribution in [0.4, 0.5) is 16.2 Å². The first kappa shape index (κ1) is 13.0. The summed E-state index contributed by atoms with van der Waals surface area (Å²) in [5.41, 5.74) is 8.38. The fraction of sp³-hybridized carbons (Fsp3) is 0.267. The third-order valence-electron chi connectivity index (χ3n) is 3.68. The van der Waals surface area contributed by atoms with Gasteiger partial charge in [0.05, 0.1) is 6.04 Å². The van der Waals surface area contributed by atoms with Crippen LogP contribution in [0.2, 0.25) is 0 Å². The normalized spacial score (nSPS) is 17.6. The second-order valence-electron chi connectivity index (χ2n) is 4.97. The van der Waals surface area contributed by atoms with Gasteiger partial charge in [-0.1, -0.05) is 6.07 Å². The highest BCUT2D eigenvalue weighted by Crippen LogP contribution is 2.33. The lowest BCUT2D eigenvalue weighted by molar-refractivity contribution is 0.189. The molecule has 0 aliphatic carbocycles. The second kappa shape index (κ2) is 5.17. The molecule has 3 rings (SSSR count). The van der Waals surface area contributed by atoms with Gasteiger partial charge in [-0.15, -0.1) is 11.3 Å². The molecule has 1 atom stereocenters. The minimum absolute atomic E-state index is 0.0695. The lowest BCUT2D eigenvalue weighted by Gasteiger charge is -2.33. The largest absolute Gasteiger partial charge is 0.399 e. The Morgan fingerprint density at radius 1 is 1.45 bits per heavy atom. The highest BCUT2D eigenvalue weighted by Gasteiger charge is 2.28. The van der Waals surface area contributed by atoms with Gasteiger partial charge in [-0.05, 0) is 48.6 Å². The summed E-state index contributed by atoms with van der Waals surface area (Å²) in [6, 6.07) is 9.41. The van der Waals surface area contributed by atoms with E-state index in [0.29, 0.717) is 5.69 Å². The molecule has 0 bridgehead atoms. The van der Waals surface area contributed by atoms with Crippen LogP contribution in [0, 0.1) is 0 Å². The third kappa shape index (κ3) is 2.36. The second-order valence-corrected chi connectivity index (χ2v) is 5.97. The first-order valence-electron chi connectivity index (χ1n) is 6.64. The molecule has 0 fully saturated rings. The first-order valence-corrected chi connectivity index (χ1v) is 7.52. The fourth-order valence-electron chi connectivity index (χ4n) is 2.60. The molecule has 1 aliphatic heterocycles. The van der Waals surface area contributed by atoms with Crippen LogP contribution >= 0.6 is 11.3 Å². The van der Waals surface area contributed by atoms with Crippen LogP contribution in [0.1, 0.15) is 23.4 Å². The van der Waals surface area contributed by atoms with Crippen molar-refractivity contribution in [2.45, 2.75) is 19.4 Å². The summed E-state index contributed by atoms with van der Waals surface area (Å²) < 4.78 is 0. The number of fused-ring (bicyclic) bond motifs is 1. The molecule has 2 aromatic rings. The van der Waals surface area contributed by atoms with E-state index in [-0.39, 0.29) is 12.1 Å². The fourth-order valence-corrected chi connectivity index (χ4v) is 3.56. The van der Waals surface area contributed by atoms with Crippen LogP contribution in [0.3, 0.4) is 0 Å². The summed E-state index contributed by atoms with van der Waals surface area (Å²) >= 11 is 1.77. The maximum absolute atomic E-state index is 12.4. The van der Waals surface area contributed by atoms with Gasteiger partial charge in [-0.25, -0.2) is 4.79 Å². The Bertz CT molecular complexity index is 638. The highest BCUT2D eigenvalue weighted by molar-refractivity contribution is 7.10. The van der Waals surface area contributed by atoms with Gasteiger partial charge in [-0.3, -0.25) is 0 Å². The average Bonchev–Trinajstić information content (AvgIpc) is 2.88. The van der Waals surface area contributed by atoms with Crippen LogP contribution in [-0.2, 0) is 6.42 Å². The number of anilines is 2. The molecule has 2 amide bonds. The van der Waals surface area contributed by atoms with Gasteiger partial charge in [-0.2, -0.15) is 0 Å². The predicted octanol–water partition coefficient (Wildman–Crippen LogP) is 3.48. The van der Waals surface area contributed by atoms with Gasteiger partial charge in [0, 0.05) is 22.8 Å². The van der Waals surface area contributed by atoms with E-state index in [0.717, 1.165) is 18.7 Å². The highest BCUT2D eigenvalue weighted by atomic mass is 32.1. The quantitative estimate of drug-likeness (QED) is 0.789. The van der Waals surface area contributed by atoms with E-state index < -0.39 is 0 Å². The molecule has 0 spiro atoms. The number of urea groups is 1. The zero-order valence-corrected chi connectivity index (χ0v) is 12.1. The molecule has 0 radical (unpaired) electrons. The Morgan fingerprint density at radius 2 is 2.30 bits per heavy atom. The van der Waals surface area contributed by atoms with Gasteiger partial charge in [0.25, 0.3) is 0 Å². The summed E-state index contributed by atoms with van der Waals surface area (Å²) in [5, 5.41) is 5.01. The number of nitrogens with one attached hydrogen (secondary N) is 1. The van der Waals surface area contributed by atoms with Crippen molar-refractivity contribution < 1.29 is 4.79 Å². The summed E-state index contributed by atoms with van der Waals surface area (Å²) in [6.45, 7) is 2.83. The third-order valence-corrected chi connectivity index (χ3v) is 4.67. The number of hydrogen-bond acceptors (Lipinski definition) is 3. The molecule has 0 saturated heterocycles. The number of carbonyl (C=O) groups is 1. The SMILES string of the molecule is CC1c2ccsc2CCN1C(=O)Nc1cccc(N)c1. The molecule has 2 heterocycles. The first-order chi connectivity index (χ1) is 9.65. The Balaban J connectivity index is 1.75. The maximum Gasteiger partial charge on any atom is 0.322 e. The van der Waals surface area contributed by atoms with Crippen LogP contribution in [0.15, 0.2) is 35.7 Å². The maximum atomic E-state index is 12.4.